The molecule has 2 aliphatic heterocycles. The van der Waals surface area contributed by atoms with E-state index in [0.29, 0.717) is 17.9 Å². The van der Waals surface area contributed by atoms with Gasteiger partial charge in [0.1, 0.15) is 5.41 Å². The SMILES string of the molecule is Cc1cccc(Cl)c1.Cc1cccc([C@H]2NC(=O)CC[C@]23C(=O)Nc2cc(Cl)ccc23)c1C. The van der Waals surface area contributed by atoms with Crippen LogP contribution < -0.4 is 10.6 Å². The number of carbonyl (C=O) groups is 2. The zero-order valence-electron chi connectivity index (χ0n) is 18.8. The Morgan fingerprint density at radius 1 is 0.909 bits per heavy atom. The number of amides is 2. The average molecular weight is 481 g/mol. The van der Waals surface area contributed by atoms with Crippen molar-refractivity contribution in [2.24, 2.45) is 0 Å². The molecule has 1 fully saturated rings. The summed E-state index contributed by atoms with van der Waals surface area (Å²) in [5, 5.41) is 7.45. The fourth-order valence-corrected chi connectivity index (χ4v) is 5.16. The van der Waals surface area contributed by atoms with Gasteiger partial charge in [0.2, 0.25) is 11.8 Å². The van der Waals surface area contributed by atoms with Crippen molar-refractivity contribution in [1.29, 1.82) is 0 Å². The summed E-state index contributed by atoms with van der Waals surface area (Å²) in [6, 6.07) is 18.9. The maximum absolute atomic E-state index is 13.1. The molecule has 0 saturated carbocycles. The highest BCUT2D eigenvalue weighted by Crippen LogP contribution is 2.51. The van der Waals surface area contributed by atoms with E-state index in [2.05, 4.69) is 10.6 Å². The number of hydrogen-bond acceptors (Lipinski definition) is 2. The van der Waals surface area contributed by atoms with Gasteiger partial charge >= 0.3 is 0 Å². The van der Waals surface area contributed by atoms with E-state index in [1.54, 1.807) is 12.1 Å². The zero-order valence-corrected chi connectivity index (χ0v) is 20.3. The summed E-state index contributed by atoms with van der Waals surface area (Å²) in [4.78, 5) is 25.3. The summed E-state index contributed by atoms with van der Waals surface area (Å²) in [5.41, 5.74) is 5.29. The number of rotatable bonds is 1. The maximum atomic E-state index is 13.1. The van der Waals surface area contributed by atoms with Crippen LogP contribution in [0.5, 0.6) is 0 Å². The lowest BCUT2D eigenvalue weighted by atomic mass is 9.67. The number of aryl methyl sites for hydroxylation is 2. The van der Waals surface area contributed by atoms with Crippen LogP contribution in [-0.4, -0.2) is 11.8 Å². The lowest BCUT2D eigenvalue weighted by Gasteiger charge is -2.41. The van der Waals surface area contributed by atoms with Crippen LogP contribution in [0.25, 0.3) is 0 Å². The largest absolute Gasteiger partial charge is 0.348 e. The first-order valence-electron chi connectivity index (χ1n) is 10.9. The van der Waals surface area contributed by atoms with Gasteiger partial charge in [0.15, 0.2) is 0 Å². The fraction of sp³-hybridized carbons (Fsp3) is 0.259. The van der Waals surface area contributed by atoms with Crippen molar-refractivity contribution in [3.05, 3.63) is 98.5 Å². The van der Waals surface area contributed by atoms with Crippen LogP contribution in [0.4, 0.5) is 5.69 Å². The van der Waals surface area contributed by atoms with Crippen molar-refractivity contribution in [2.75, 3.05) is 5.32 Å². The predicted octanol–water partition coefficient (Wildman–Crippen LogP) is 6.45. The highest BCUT2D eigenvalue weighted by molar-refractivity contribution is 6.31. The summed E-state index contributed by atoms with van der Waals surface area (Å²) in [7, 11) is 0. The second-order valence-electron chi connectivity index (χ2n) is 8.70. The van der Waals surface area contributed by atoms with Crippen LogP contribution in [0, 0.1) is 20.8 Å². The molecular formula is C27H26Cl2N2O2. The van der Waals surface area contributed by atoms with Gasteiger partial charge in [-0.2, -0.15) is 0 Å². The number of halogens is 2. The van der Waals surface area contributed by atoms with E-state index in [9.17, 15) is 9.59 Å². The van der Waals surface area contributed by atoms with E-state index in [-0.39, 0.29) is 11.8 Å². The van der Waals surface area contributed by atoms with Gasteiger partial charge in [-0.3, -0.25) is 9.59 Å². The standard InChI is InChI=1S/C20H19ClN2O2.C7H7Cl/c1-11-4-3-5-14(12(11)2)18-20(9-8-17(24)23-18)15-7-6-13(21)10-16(15)22-19(20)25;1-6-3-2-4-7(8)5-6/h3-7,10,18H,8-9H2,1-2H3,(H,22,25)(H,23,24);2-5H,1H3/t18-,20-;/m1./s1. The molecule has 4 nitrogen and oxygen atoms in total. The molecule has 0 unspecified atom stereocenters. The third-order valence-corrected chi connectivity index (χ3v) is 7.07. The normalized spacial score (nSPS) is 21.1. The number of carbonyl (C=O) groups excluding carboxylic acids is 2. The Bertz CT molecular complexity index is 1220. The Kier molecular flexibility index (Phi) is 6.51. The van der Waals surface area contributed by atoms with Crippen LogP contribution in [-0.2, 0) is 15.0 Å². The van der Waals surface area contributed by atoms with Gasteiger partial charge in [-0.15, -0.1) is 0 Å². The van der Waals surface area contributed by atoms with Crippen LogP contribution >= 0.6 is 23.2 Å². The molecule has 2 atom stereocenters. The van der Waals surface area contributed by atoms with Gasteiger partial charge in [0.05, 0.1) is 6.04 Å². The van der Waals surface area contributed by atoms with Gasteiger partial charge in [-0.1, -0.05) is 59.6 Å². The summed E-state index contributed by atoms with van der Waals surface area (Å²) >= 11 is 11.7. The Morgan fingerprint density at radius 2 is 1.64 bits per heavy atom. The fourth-order valence-electron chi connectivity index (χ4n) is 4.75. The Morgan fingerprint density at radius 3 is 2.33 bits per heavy atom. The summed E-state index contributed by atoms with van der Waals surface area (Å²) in [6.07, 6.45) is 0.814. The lowest BCUT2D eigenvalue weighted by molar-refractivity contribution is -0.130. The highest BCUT2D eigenvalue weighted by atomic mass is 35.5. The van der Waals surface area contributed by atoms with Crippen molar-refractivity contribution in [2.45, 2.75) is 45.1 Å². The first kappa shape index (κ1) is 23.3. The van der Waals surface area contributed by atoms with E-state index < -0.39 is 11.5 Å². The third kappa shape index (κ3) is 4.38. The Balaban J connectivity index is 0.000000275. The van der Waals surface area contributed by atoms with Crippen LogP contribution in [0.15, 0.2) is 60.7 Å². The van der Waals surface area contributed by atoms with Crippen LogP contribution in [0.3, 0.4) is 0 Å². The Labute approximate surface area is 204 Å². The smallest absolute Gasteiger partial charge is 0.237 e. The number of anilines is 1. The molecule has 2 heterocycles. The molecule has 1 saturated heterocycles. The molecule has 3 aromatic rings. The van der Waals surface area contributed by atoms with E-state index in [1.807, 2.05) is 69.3 Å². The van der Waals surface area contributed by atoms with Crippen LogP contribution in [0.1, 0.15) is 46.7 Å². The van der Waals surface area contributed by atoms with Gasteiger partial charge in [0.25, 0.3) is 0 Å². The highest BCUT2D eigenvalue weighted by Gasteiger charge is 2.55. The van der Waals surface area contributed by atoms with Crippen molar-refractivity contribution in [1.82, 2.24) is 5.32 Å². The third-order valence-electron chi connectivity index (χ3n) is 6.60. The maximum Gasteiger partial charge on any atom is 0.237 e. The number of fused-ring (bicyclic) bond motifs is 2. The monoisotopic (exact) mass is 480 g/mol. The number of hydrogen-bond donors (Lipinski definition) is 2. The van der Waals surface area contributed by atoms with E-state index in [0.717, 1.165) is 33.0 Å². The molecule has 5 rings (SSSR count). The minimum Gasteiger partial charge on any atom is -0.348 e. The van der Waals surface area contributed by atoms with Gasteiger partial charge in [0, 0.05) is 22.2 Å². The molecule has 0 aliphatic carbocycles. The van der Waals surface area contributed by atoms with Crippen molar-refractivity contribution in [3.63, 3.8) is 0 Å². The lowest BCUT2D eigenvalue weighted by Crippen LogP contribution is -2.52. The molecule has 0 bridgehead atoms. The minimum atomic E-state index is -0.799. The molecule has 170 valence electrons. The molecule has 2 N–H and O–H groups in total. The van der Waals surface area contributed by atoms with E-state index >= 15 is 0 Å². The number of benzene rings is 3. The van der Waals surface area contributed by atoms with Crippen molar-refractivity contribution >= 4 is 40.7 Å². The van der Waals surface area contributed by atoms with Crippen LogP contribution in [0.2, 0.25) is 10.0 Å². The molecule has 0 radical (unpaired) electrons. The van der Waals surface area contributed by atoms with Gasteiger partial charge in [-0.25, -0.2) is 0 Å². The quantitative estimate of drug-likeness (QED) is 0.420. The first-order chi connectivity index (χ1) is 15.7. The summed E-state index contributed by atoms with van der Waals surface area (Å²) in [5.74, 6) is -0.0950. The van der Waals surface area contributed by atoms with Gasteiger partial charge in [-0.05, 0) is 79.3 Å². The molecule has 3 aromatic carbocycles. The molecule has 6 heteroatoms. The first-order valence-corrected chi connectivity index (χ1v) is 11.7. The number of nitrogens with one attached hydrogen (secondary N) is 2. The topological polar surface area (TPSA) is 58.2 Å². The summed E-state index contributed by atoms with van der Waals surface area (Å²) in [6.45, 7) is 6.10. The summed E-state index contributed by atoms with van der Waals surface area (Å²) < 4.78 is 0. The average Bonchev–Trinajstić information content (AvgIpc) is 3.03. The molecular weight excluding hydrogens is 455 g/mol. The van der Waals surface area contributed by atoms with E-state index in [1.165, 1.54) is 5.56 Å². The second kappa shape index (κ2) is 9.20. The molecule has 0 aromatic heterocycles. The number of piperidine rings is 1. The second-order valence-corrected chi connectivity index (χ2v) is 9.58. The molecule has 33 heavy (non-hydrogen) atoms. The predicted molar refractivity (Wildman–Crippen MR) is 134 cm³/mol. The zero-order chi connectivity index (χ0) is 23.8. The van der Waals surface area contributed by atoms with Gasteiger partial charge < -0.3 is 10.6 Å². The molecule has 1 spiro atoms. The molecule has 2 amide bonds. The Hall–Kier alpha value is -2.82. The minimum absolute atomic E-state index is 0.0215. The van der Waals surface area contributed by atoms with Crippen molar-refractivity contribution < 1.29 is 9.59 Å². The molecule has 2 aliphatic rings. The van der Waals surface area contributed by atoms with Crippen molar-refractivity contribution in [3.8, 4) is 0 Å². The van der Waals surface area contributed by atoms with E-state index in [4.69, 9.17) is 23.2 Å².